The van der Waals surface area contributed by atoms with E-state index in [2.05, 4.69) is 23.5 Å². The van der Waals surface area contributed by atoms with Gasteiger partial charge in [0.2, 0.25) is 0 Å². The molecule has 0 radical (unpaired) electrons. The molecule has 3 aromatic rings. The smallest absolute Gasteiger partial charge is 0.251 e. The van der Waals surface area contributed by atoms with Crippen LogP contribution in [0.25, 0.3) is 5.69 Å². The molecule has 2 aromatic carbocycles. The summed E-state index contributed by atoms with van der Waals surface area (Å²) in [5, 5.41) is 7.58. The number of aromatic nitrogens is 2. The normalized spacial score (nSPS) is 10.6. The Balaban J connectivity index is 1.49. The van der Waals surface area contributed by atoms with E-state index in [0.717, 1.165) is 36.4 Å². The fraction of sp³-hybridized carbons (Fsp3) is 0.304. The summed E-state index contributed by atoms with van der Waals surface area (Å²) in [5.41, 5.74) is 3.90. The minimum atomic E-state index is -0.0707. The second-order valence-corrected chi connectivity index (χ2v) is 6.76. The highest BCUT2D eigenvalue weighted by Crippen LogP contribution is 2.15. The van der Waals surface area contributed by atoms with E-state index < -0.39 is 0 Å². The standard InChI is InChI=1S/C23H27N3O2/c1-3-15-28-22-13-7-9-19(16-22)23(27)24-14-8-10-20-17-26(25-18(20)2)21-11-5-4-6-12-21/h4-7,9,11-13,16-17H,3,8,10,14-15H2,1-2H3,(H,24,27). The Labute approximate surface area is 166 Å². The number of hydrogen-bond acceptors (Lipinski definition) is 3. The molecule has 28 heavy (non-hydrogen) atoms. The number of amides is 1. The minimum absolute atomic E-state index is 0.0707. The zero-order valence-electron chi connectivity index (χ0n) is 16.5. The van der Waals surface area contributed by atoms with Crippen LogP contribution in [0.4, 0.5) is 0 Å². The molecule has 0 aliphatic carbocycles. The van der Waals surface area contributed by atoms with Crippen molar-refractivity contribution in [2.45, 2.75) is 33.1 Å². The Morgan fingerprint density at radius 3 is 2.75 bits per heavy atom. The Kier molecular flexibility index (Phi) is 6.84. The van der Waals surface area contributed by atoms with Crippen molar-refractivity contribution in [3.05, 3.63) is 77.6 Å². The van der Waals surface area contributed by atoms with E-state index >= 15 is 0 Å². The van der Waals surface area contributed by atoms with Gasteiger partial charge in [-0.2, -0.15) is 5.10 Å². The van der Waals surface area contributed by atoms with E-state index in [0.29, 0.717) is 18.7 Å². The van der Waals surface area contributed by atoms with E-state index in [1.54, 1.807) is 6.07 Å². The predicted molar refractivity (Wildman–Crippen MR) is 111 cm³/mol. The molecule has 0 unspecified atom stereocenters. The molecule has 1 heterocycles. The minimum Gasteiger partial charge on any atom is -0.494 e. The summed E-state index contributed by atoms with van der Waals surface area (Å²) >= 11 is 0. The van der Waals surface area contributed by atoms with Gasteiger partial charge < -0.3 is 10.1 Å². The molecule has 0 saturated heterocycles. The van der Waals surface area contributed by atoms with Crippen LogP contribution in [0.1, 0.15) is 41.4 Å². The average molecular weight is 377 g/mol. The quantitative estimate of drug-likeness (QED) is 0.565. The van der Waals surface area contributed by atoms with Gasteiger partial charge in [-0.05, 0) is 62.1 Å². The second-order valence-electron chi connectivity index (χ2n) is 6.76. The summed E-state index contributed by atoms with van der Waals surface area (Å²) in [7, 11) is 0. The zero-order chi connectivity index (χ0) is 19.8. The van der Waals surface area contributed by atoms with Crippen molar-refractivity contribution in [1.29, 1.82) is 0 Å². The summed E-state index contributed by atoms with van der Waals surface area (Å²) in [6.07, 6.45) is 4.75. The molecule has 0 aliphatic heterocycles. The predicted octanol–water partition coefficient (Wildman–Crippen LogP) is 4.33. The van der Waals surface area contributed by atoms with Gasteiger partial charge in [-0.1, -0.05) is 31.2 Å². The highest BCUT2D eigenvalue weighted by atomic mass is 16.5. The van der Waals surface area contributed by atoms with Gasteiger partial charge in [0.25, 0.3) is 5.91 Å². The third-order valence-electron chi connectivity index (χ3n) is 4.50. The van der Waals surface area contributed by atoms with Crippen molar-refractivity contribution in [2.24, 2.45) is 0 Å². The first-order chi connectivity index (χ1) is 13.7. The van der Waals surface area contributed by atoms with Gasteiger partial charge in [0, 0.05) is 18.3 Å². The molecule has 0 atom stereocenters. The first-order valence-corrected chi connectivity index (χ1v) is 9.79. The van der Waals surface area contributed by atoms with E-state index in [9.17, 15) is 4.79 Å². The SMILES string of the molecule is CCCOc1cccc(C(=O)NCCCc2cn(-c3ccccc3)nc2C)c1. The molecule has 1 aromatic heterocycles. The zero-order valence-corrected chi connectivity index (χ0v) is 16.5. The van der Waals surface area contributed by atoms with Gasteiger partial charge >= 0.3 is 0 Å². The van der Waals surface area contributed by atoms with Crippen LogP contribution >= 0.6 is 0 Å². The molecule has 0 saturated carbocycles. The summed E-state index contributed by atoms with van der Waals surface area (Å²) < 4.78 is 7.50. The summed E-state index contributed by atoms with van der Waals surface area (Å²) in [5.74, 6) is 0.664. The van der Waals surface area contributed by atoms with Gasteiger partial charge in [-0.3, -0.25) is 4.79 Å². The number of rotatable bonds is 9. The lowest BCUT2D eigenvalue weighted by atomic mass is 10.1. The molecular formula is C23H27N3O2. The maximum atomic E-state index is 12.4. The molecule has 5 nitrogen and oxygen atoms in total. The van der Waals surface area contributed by atoms with E-state index in [1.165, 1.54) is 5.56 Å². The van der Waals surface area contributed by atoms with Gasteiger partial charge in [0.05, 0.1) is 18.0 Å². The molecule has 1 amide bonds. The fourth-order valence-corrected chi connectivity index (χ4v) is 2.98. The molecule has 0 fully saturated rings. The lowest BCUT2D eigenvalue weighted by molar-refractivity contribution is 0.0952. The van der Waals surface area contributed by atoms with Gasteiger partial charge in [0.1, 0.15) is 5.75 Å². The van der Waals surface area contributed by atoms with Gasteiger partial charge in [0.15, 0.2) is 0 Å². The third-order valence-corrected chi connectivity index (χ3v) is 4.50. The first kappa shape index (κ1) is 19.7. The second kappa shape index (κ2) is 9.74. The van der Waals surface area contributed by atoms with Crippen molar-refractivity contribution < 1.29 is 9.53 Å². The van der Waals surface area contributed by atoms with Crippen LogP contribution in [0.5, 0.6) is 5.75 Å². The monoisotopic (exact) mass is 377 g/mol. The maximum absolute atomic E-state index is 12.4. The lowest BCUT2D eigenvalue weighted by Gasteiger charge is -2.08. The van der Waals surface area contributed by atoms with Crippen LogP contribution in [-0.2, 0) is 6.42 Å². The van der Waals surface area contributed by atoms with Crippen LogP contribution in [-0.4, -0.2) is 28.8 Å². The molecule has 5 heteroatoms. The average Bonchev–Trinajstić information content (AvgIpc) is 3.11. The number of carbonyl (C=O) groups excluding carboxylic acids is 1. The van der Waals surface area contributed by atoms with Crippen molar-refractivity contribution in [2.75, 3.05) is 13.2 Å². The van der Waals surface area contributed by atoms with E-state index in [4.69, 9.17) is 4.74 Å². The number of carbonyl (C=O) groups is 1. The van der Waals surface area contributed by atoms with Crippen molar-refractivity contribution in [1.82, 2.24) is 15.1 Å². The molecule has 0 bridgehead atoms. The first-order valence-electron chi connectivity index (χ1n) is 9.79. The number of para-hydroxylation sites is 1. The van der Waals surface area contributed by atoms with Crippen molar-refractivity contribution in [3.63, 3.8) is 0 Å². The van der Waals surface area contributed by atoms with Gasteiger partial charge in [-0.25, -0.2) is 4.68 Å². The summed E-state index contributed by atoms with van der Waals surface area (Å²) in [4.78, 5) is 12.4. The van der Waals surface area contributed by atoms with Crippen LogP contribution in [0, 0.1) is 6.92 Å². The Morgan fingerprint density at radius 1 is 1.14 bits per heavy atom. The molecule has 1 N–H and O–H groups in total. The molecule has 3 rings (SSSR count). The largest absolute Gasteiger partial charge is 0.494 e. The number of aryl methyl sites for hydroxylation is 2. The van der Waals surface area contributed by atoms with Crippen molar-refractivity contribution in [3.8, 4) is 11.4 Å². The third kappa shape index (κ3) is 5.22. The molecule has 0 aliphatic rings. The maximum Gasteiger partial charge on any atom is 0.251 e. The number of ether oxygens (including phenoxy) is 1. The number of benzene rings is 2. The fourth-order valence-electron chi connectivity index (χ4n) is 2.98. The highest BCUT2D eigenvalue weighted by Gasteiger charge is 2.08. The van der Waals surface area contributed by atoms with Gasteiger partial charge in [-0.15, -0.1) is 0 Å². The Morgan fingerprint density at radius 2 is 1.96 bits per heavy atom. The number of nitrogens with one attached hydrogen (secondary N) is 1. The lowest BCUT2D eigenvalue weighted by Crippen LogP contribution is -2.24. The van der Waals surface area contributed by atoms with Crippen LogP contribution < -0.4 is 10.1 Å². The molecule has 0 spiro atoms. The van der Waals surface area contributed by atoms with Crippen LogP contribution in [0.2, 0.25) is 0 Å². The summed E-state index contributed by atoms with van der Waals surface area (Å²) in [6.45, 7) is 5.35. The van der Waals surface area contributed by atoms with Crippen LogP contribution in [0.3, 0.4) is 0 Å². The number of hydrogen-bond donors (Lipinski definition) is 1. The Hall–Kier alpha value is -3.08. The highest BCUT2D eigenvalue weighted by molar-refractivity contribution is 5.94. The summed E-state index contributed by atoms with van der Waals surface area (Å²) in [6, 6.07) is 17.4. The van der Waals surface area contributed by atoms with Crippen molar-refractivity contribution >= 4 is 5.91 Å². The van der Waals surface area contributed by atoms with E-state index in [-0.39, 0.29) is 5.91 Å². The van der Waals surface area contributed by atoms with E-state index in [1.807, 2.05) is 60.1 Å². The number of nitrogens with zero attached hydrogens (tertiary/aromatic N) is 2. The molecular weight excluding hydrogens is 350 g/mol. The Bertz CT molecular complexity index is 903. The molecule has 146 valence electrons. The topological polar surface area (TPSA) is 56.1 Å². The van der Waals surface area contributed by atoms with Crippen LogP contribution in [0.15, 0.2) is 60.8 Å².